The average Bonchev–Trinajstić information content (AvgIpc) is 0.884. The van der Waals surface area contributed by atoms with Gasteiger partial charge in [-0.3, -0.25) is 9.59 Å². The van der Waals surface area contributed by atoms with Gasteiger partial charge in [-0.15, -0.1) is 0 Å². The van der Waals surface area contributed by atoms with Crippen molar-refractivity contribution in [2.45, 2.75) is 227 Å². The molecule has 21 rings (SSSR count). The molecule has 15 unspecified atom stereocenters. The predicted octanol–water partition coefficient (Wildman–Crippen LogP) is -14.9. The van der Waals surface area contributed by atoms with Gasteiger partial charge in [0, 0.05) is 23.0 Å². The molecule has 21 aliphatic rings. The van der Waals surface area contributed by atoms with Gasteiger partial charge in [-0.2, -0.15) is 23.5 Å². The molecule has 14 bridgehead atoms. The standard InChI is InChI=1S/C48H80N2O37S2/c49-10(40(70)71)6-88-8-17-38-25(62)32(69)48(80-17)85-37-16(5-55)76-44(28(65)21(37)58)83-35-14(3-53)78-46(30(67)23(35)60)87-39-18(9-89-7-11(50)41(72)73)79-47(31(68)24(39)61)84-36-15(4-54)75-43(27(64)20(36)57)81-33-12(1-51)74-42(26(63)19(33)56)82-34-13(2-52)77-45(86-38)29(66)22(34)59/h10-39,42-48,51-69H,1-9,49-50H2,(H,70,71)(H,72,73)/t10-,11-,12?,13?,14?,15?,16?,17?,18?,19?,20?,21-,22-,23-,24?,25-,26+,27+,28?,29?,30?,31+,32?,33-,34-,35-,36-,37-,38-,39-,42-,43+,44+,45+,46?,47+,48-/m1/s1. The summed E-state index contributed by atoms with van der Waals surface area (Å²) in [6.45, 7) is -5.43. The molecular weight excluding hydrogens is 1260 g/mol. The van der Waals surface area contributed by atoms with E-state index in [1.807, 2.05) is 0 Å². The Bertz CT molecular complexity index is 2200. The highest BCUT2D eigenvalue weighted by Crippen LogP contribution is 2.40. The molecule has 21 aliphatic heterocycles. The van der Waals surface area contributed by atoms with E-state index >= 15 is 0 Å². The van der Waals surface area contributed by atoms with Crippen LogP contribution < -0.4 is 11.5 Å². The fourth-order valence-corrected chi connectivity index (χ4v) is 13.2. The van der Waals surface area contributed by atoms with Crippen LogP contribution in [0.3, 0.4) is 0 Å². The third-order valence-corrected chi connectivity index (χ3v) is 18.5. The summed E-state index contributed by atoms with van der Waals surface area (Å²) in [7, 11) is 0. The summed E-state index contributed by atoms with van der Waals surface area (Å²) in [5, 5.41) is 233. The van der Waals surface area contributed by atoms with Gasteiger partial charge in [0.2, 0.25) is 0 Å². The minimum atomic E-state index is -2.27. The van der Waals surface area contributed by atoms with Crippen LogP contribution in [0.5, 0.6) is 0 Å². The Labute approximate surface area is 511 Å². The zero-order valence-electron chi connectivity index (χ0n) is 46.6. The first-order valence-corrected chi connectivity index (χ1v) is 30.4. The average molecular weight is 1340 g/mol. The number of aliphatic hydroxyl groups is 19. The number of aliphatic hydroxyl groups excluding tert-OH is 19. The van der Waals surface area contributed by atoms with E-state index in [2.05, 4.69) is 0 Å². The number of carboxylic acids is 2. The van der Waals surface area contributed by atoms with Crippen molar-refractivity contribution in [1.82, 2.24) is 0 Å². The maximum atomic E-state index is 11.7. The molecule has 0 aromatic rings. The number of aliphatic carboxylic acids is 2. The Kier molecular flexibility index (Phi) is 26.2. The zero-order valence-corrected chi connectivity index (χ0v) is 48.3. The molecule has 89 heavy (non-hydrogen) atoms. The second-order valence-corrected chi connectivity index (χ2v) is 24.4. The van der Waals surface area contributed by atoms with Crippen molar-refractivity contribution in [2.24, 2.45) is 11.5 Å². The fraction of sp³-hybridized carbons (Fsp3) is 0.958. The number of carboxylic acid groups (broad SMARTS) is 2. The lowest BCUT2D eigenvalue weighted by Crippen LogP contribution is -2.68. The number of carbonyl (C=O) groups is 2. The third-order valence-electron chi connectivity index (χ3n) is 16.2. The lowest BCUT2D eigenvalue weighted by atomic mass is 9.95. The Morgan fingerprint density at radius 1 is 0.281 bits per heavy atom. The quantitative estimate of drug-likeness (QED) is 0.0724. The lowest BCUT2D eigenvalue weighted by molar-refractivity contribution is -0.395. The normalized spacial score (nSPS) is 50.1. The summed E-state index contributed by atoms with van der Waals surface area (Å²) in [6.07, 6.45) is -71.4. The van der Waals surface area contributed by atoms with Gasteiger partial charge >= 0.3 is 11.9 Å². The predicted molar refractivity (Wildman–Crippen MR) is 280 cm³/mol. The second kappa shape index (κ2) is 31.9. The first-order valence-electron chi connectivity index (χ1n) is 28.1. The van der Waals surface area contributed by atoms with Crippen LogP contribution in [-0.2, 0) is 75.9 Å². The van der Waals surface area contributed by atoms with Crippen LogP contribution in [0, 0.1) is 0 Å². The van der Waals surface area contributed by atoms with Crippen molar-refractivity contribution >= 4 is 35.5 Å². The maximum absolute atomic E-state index is 11.7. The van der Waals surface area contributed by atoms with E-state index in [1.54, 1.807) is 0 Å². The molecule has 516 valence electrons. The van der Waals surface area contributed by atoms with Gasteiger partial charge < -0.3 is 185 Å². The van der Waals surface area contributed by atoms with Crippen LogP contribution in [0.25, 0.3) is 0 Å². The highest BCUT2D eigenvalue weighted by molar-refractivity contribution is 7.99. The first kappa shape index (κ1) is 73.1. The summed E-state index contributed by atoms with van der Waals surface area (Å²) in [6, 6.07) is -2.94. The van der Waals surface area contributed by atoms with Gasteiger partial charge in [-0.1, -0.05) is 0 Å². The Hall–Kier alpha value is -1.76. The molecule has 39 nitrogen and oxygen atoms in total. The van der Waals surface area contributed by atoms with Gasteiger partial charge in [-0.25, -0.2) is 0 Å². The molecule has 41 heteroatoms. The third kappa shape index (κ3) is 15.9. The number of nitrogens with two attached hydrogens (primary N) is 2. The van der Waals surface area contributed by atoms with Crippen LogP contribution in [0.2, 0.25) is 0 Å². The molecule has 37 atom stereocenters. The SMILES string of the molecule is N[C@H](CSCC1O[C@H]2O[C@@H]3C(CO)O[C@@H](O[C@@H]4C(CO)O[C@H](O[C@@H]5C(CO)O[C@@H](O[C@@H]6C(CSC[C@@H](N)C(=O)O)O[C@H](O[C@@H]7C(CO)O[C@@H](O[C@@H]8C(CO)OC(O[C@H]1C(O)[C@@H]2O)C(O)[C@H]8O)C(O)[C@H]7O)C(O)[C@H]6O)C(O)[C@H]5O)[C@@H](O)C4O)[C@@H](O)C3O)C(=O)O. The summed E-state index contributed by atoms with van der Waals surface area (Å²) < 4.78 is 81.6. The van der Waals surface area contributed by atoms with E-state index in [-0.39, 0.29) is 11.5 Å². The van der Waals surface area contributed by atoms with Crippen LogP contribution in [0.4, 0.5) is 0 Å². The van der Waals surface area contributed by atoms with Crippen molar-refractivity contribution < 1.29 is 183 Å². The van der Waals surface area contributed by atoms with E-state index in [4.69, 9.17) is 77.8 Å². The molecular formula is C48H80N2O37S2. The Morgan fingerprint density at radius 2 is 0.438 bits per heavy atom. The number of hydrogen-bond donors (Lipinski definition) is 23. The molecule has 0 spiro atoms. The van der Waals surface area contributed by atoms with E-state index in [1.165, 1.54) is 0 Å². The molecule has 0 amide bonds. The number of rotatable bonds is 15. The van der Waals surface area contributed by atoms with Gasteiger partial charge in [0.05, 0.1) is 45.2 Å². The summed E-state index contributed by atoms with van der Waals surface area (Å²) in [5.74, 6) is -4.26. The molecule has 21 fully saturated rings. The minimum absolute atomic E-state index is 0.319. The van der Waals surface area contributed by atoms with Crippen molar-refractivity contribution in [3.05, 3.63) is 0 Å². The van der Waals surface area contributed by atoms with Crippen LogP contribution in [0.15, 0.2) is 0 Å². The van der Waals surface area contributed by atoms with Crippen molar-refractivity contribution in [1.29, 1.82) is 0 Å². The van der Waals surface area contributed by atoms with Crippen molar-refractivity contribution in [3.63, 3.8) is 0 Å². The molecule has 0 saturated carbocycles. The largest absolute Gasteiger partial charge is 0.480 e. The topological polar surface area (TPSA) is 640 Å². The molecule has 21 heterocycles. The van der Waals surface area contributed by atoms with Gasteiger partial charge in [0.15, 0.2) is 44.0 Å². The summed E-state index contributed by atoms with van der Waals surface area (Å²) in [4.78, 5) is 23.2. The zero-order chi connectivity index (χ0) is 65.2. The molecule has 25 N–H and O–H groups in total. The molecule has 0 aromatic heterocycles. The highest BCUT2D eigenvalue weighted by Gasteiger charge is 2.60. The number of ether oxygens (including phenoxy) is 14. The highest BCUT2D eigenvalue weighted by atomic mass is 32.2. The van der Waals surface area contributed by atoms with Crippen LogP contribution in [-0.4, -0.2) is 402 Å². The summed E-state index contributed by atoms with van der Waals surface area (Å²) >= 11 is 1.60. The maximum Gasteiger partial charge on any atom is 0.321 e. The molecule has 0 radical (unpaired) electrons. The van der Waals surface area contributed by atoms with Crippen LogP contribution in [0.1, 0.15) is 0 Å². The number of thioether (sulfide) groups is 2. The monoisotopic (exact) mass is 1340 g/mol. The summed E-state index contributed by atoms with van der Waals surface area (Å²) in [5.41, 5.74) is 11.4. The van der Waals surface area contributed by atoms with E-state index in [0.717, 1.165) is 23.5 Å². The van der Waals surface area contributed by atoms with Crippen molar-refractivity contribution in [2.75, 3.05) is 56.0 Å². The van der Waals surface area contributed by atoms with Crippen molar-refractivity contribution in [3.8, 4) is 0 Å². The van der Waals surface area contributed by atoms with Gasteiger partial charge in [0.25, 0.3) is 0 Å². The molecule has 21 saturated heterocycles. The smallest absolute Gasteiger partial charge is 0.321 e. The lowest BCUT2D eigenvalue weighted by Gasteiger charge is -2.50. The Morgan fingerprint density at radius 3 is 0.596 bits per heavy atom. The Balaban J connectivity index is 1.11. The van der Waals surface area contributed by atoms with E-state index in [0.29, 0.717) is 0 Å². The van der Waals surface area contributed by atoms with Crippen LogP contribution >= 0.6 is 23.5 Å². The second-order valence-electron chi connectivity index (χ2n) is 22.3. The van der Waals surface area contributed by atoms with E-state index < -0.39 is 284 Å². The number of hydrogen-bond acceptors (Lipinski definition) is 39. The molecule has 0 aliphatic carbocycles. The fourth-order valence-electron chi connectivity index (χ4n) is 11.2. The minimum Gasteiger partial charge on any atom is -0.480 e. The first-order chi connectivity index (χ1) is 42.2. The van der Waals surface area contributed by atoms with Gasteiger partial charge in [0.1, 0.15) is 171 Å². The molecule has 0 aromatic carbocycles. The van der Waals surface area contributed by atoms with Gasteiger partial charge in [-0.05, 0) is 0 Å². The van der Waals surface area contributed by atoms with E-state index in [9.17, 15) is 117 Å².